The molecule has 0 aromatic rings. The molecule has 0 aromatic carbocycles. The fraction of sp³-hybridized carbons (Fsp3) is 1.00. The second kappa shape index (κ2) is 8.08. The van der Waals surface area contributed by atoms with Crippen LogP contribution < -0.4 is 5.73 Å². The smallest absolute Gasteiger partial charge is 0.0728 e. The molecule has 16 heavy (non-hydrogen) atoms. The van der Waals surface area contributed by atoms with Gasteiger partial charge < -0.3 is 10.5 Å². The van der Waals surface area contributed by atoms with Crippen molar-refractivity contribution in [3.05, 3.63) is 0 Å². The summed E-state index contributed by atoms with van der Waals surface area (Å²) in [5, 5.41) is 0. The molecule has 3 atom stereocenters. The molecule has 0 heterocycles. The Balaban J connectivity index is 2.02. The molecule has 2 N–H and O–H groups in total. The highest BCUT2D eigenvalue weighted by molar-refractivity contribution is 4.81. The van der Waals surface area contributed by atoms with Gasteiger partial charge in [0.1, 0.15) is 0 Å². The van der Waals surface area contributed by atoms with E-state index in [9.17, 15) is 0 Å². The molecular weight excluding hydrogens is 198 g/mol. The quantitative estimate of drug-likeness (QED) is 0.676. The van der Waals surface area contributed by atoms with E-state index < -0.39 is 0 Å². The van der Waals surface area contributed by atoms with Gasteiger partial charge in [0, 0.05) is 12.6 Å². The molecule has 0 aliphatic heterocycles. The van der Waals surface area contributed by atoms with Crippen LogP contribution >= 0.6 is 0 Å². The van der Waals surface area contributed by atoms with Crippen LogP contribution in [0, 0.1) is 5.92 Å². The molecule has 0 bridgehead atoms. The number of unbranched alkanes of at least 4 members (excludes halogenated alkanes) is 4. The maximum atomic E-state index is 6.08. The van der Waals surface area contributed by atoms with Crippen LogP contribution in [-0.2, 0) is 4.74 Å². The molecule has 2 nitrogen and oxygen atoms in total. The molecule has 2 heteroatoms. The molecule has 0 spiro atoms. The lowest BCUT2D eigenvalue weighted by molar-refractivity contribution is 0.000560. The van der Waals surface area contributed by atoms with E-state index in [-0.39, 0.29) is 6.04 Å². The fourth-order valence-corrected chi connectivity index (χ4v) is 2.48. The van der Waals surface area contributed by atoms with Gasteiger partial charge in [-0.25, -0.2) is 0 Å². The number of hydrogen-bond donors (Lipinski definition) is 1. The zero-order chi connectivity index (χ0) is 11.8. The van der Waals surface area contributed by atoms with Crippen LogP contribution in [0.15, 0.2) is 0 Å². The first-order chi connectivity index (χ1) is 7.74. The van der Waals surface area contributed by atoms with Gasteiger partial charge in [-0.2, -0.15) is 0 Å². The van der Waals surface area contributed by atoms with Gasteiger partial charge in [-0.1, -0.05) is 39.5 Å². The molecule has 1 fully saturated rings. The Morgan fingerprint density at radius 1 is 1.12 bits per heavy atom. The summed E-state index contributed by atoms with van der Waals surface area (Å²) >= 11 is 0. The summed E-state index contributed by atoms with van der Waals surface area (Å²) < 4.78 is 5.92. The lowest BCUT2D eigenvalue weighted by Crippen LogP contribution is -2.41. The van der Waals surface area contributed by atoms with Crippen molar-refractivity contribution in [2.24, 2.45) is 11.7 Å². The molecule has 96 valence electrons. The highest BCUT2D eigenvalue weighted by Gasteiger charge is 2.26. The standard InChI is InChI=1S/C14H29NO/c1-3-4-5-6-7-10-16-14-11-12(2)8-9-13(14)15/h12-14H,3-11,15H2,1-2H3. The van der Waals surface area contributed by atoms with Gasteiger partial charge in [0.15, 0.2) is 0 Å². The van der Waals surface area contributed by atoms with Gasteiger partial charge >= 0.3 is 0 Å². The molecule has 0 saturated heterocycles. The van der Waals surface area contributed by atoms with Crippen molar-refractivity contribution >= 4 is 0 Å². The van der Waals surface area contributed by atoms with Crippen molar-refractivity contribution in [2.75, 3.05) is 6.61 Å². The molecule has 0 amide bonds. The molecule has 1 saturated carbocycles. The Morgan fingerprint density at radius 2 is 1.88 bits per heavy atom. The van der Waals surface area contributed by atoms with E-state index in [2.05, 4.69) is 13.8 Å². The van der Waals surface area contributed by atoms with Crippen LogP contribution in [0.25, 0.3) is 0 Å². The Labute approximate surface area is 101 Å². The van der Waals surface area contributed by atoms with Gasteiger partial charge in [0.2, 0.25) is 0 Å². The normalized spacial score (nSPS) is 30.6. The largest absolute Gasteiger partial charge is 0.377 e. The van der Waals surface area contributed by atoms with Gasteiger partial charge in [-0.15, -0.1) is 0 Å². The van der Waals surface area contributed by atoms with E-state index in [1.54, 1.807) is 0 Å². The third-order valence-corrected chi connectivity index (χ3v) is 3.68. The van der Waals surface area contributed by atoms with Crippen molar-refractivity contribution in [1.82, 2.24) is 0 Å². The average Bonchev–Trinajstić information content (AvgIpc) is 2.28. The van der Waals surface area contributed by atoms with Crippen molar-refractivity contribution in [3.8, 4) is 0 Å². The molecule has 0 aromatic heterocycles. The van der Waals surface area contributed by atoms with E-state index in [0.29, 0.717) is 6.10 Å². The van der Waals surface area contributed by atoms with Crippen LogP contribution in [0.5, 0.6) is 0 Å². The summed E-state index contributed by atoms with van der Waals surface area (Å²) in [5.74, 6) is 0.796. The van der Waals surface area contributed by atoms with Crippen LogP contribution in [-0.4, -0.2) is 18.8 Å². The SMILES string of the molecule is CCCCCCCOC1CC(C)CCC1N. The predicted octanol–water partition coefficient (Wildman–Crippen LogP) is 3.49. The highest BCUT2D eigenvalue weighted by Crippen LogP contribution is 2.25. The molecule has 1 aliphatic carbocycles. The van der Waals surface area contributed by atoms with E-state index >= 15 is 0 Å². The first kappa shape index (κ1) is 14.0. The van der Waals surface area contributed by atoms with Gasteiger partial charge in [-0.05, 0) is 31.6 Å². The Bertz CT molecular complexity index is 172. The predicted molar refractivity (Wildman–Crippen MR) is 69.5 cm³/mol. The minimum Gasteiger partial charge on any atom is -0.377 e. The third-order valence-electron chi connectivity index (χ3n) is 3.68. The number of ether oxygens (including phenoxy) is 1. The van der Waals surface area contributed by atoms with E-state index in [0.717, 1.165) is 25.4 Å². The lowest BCUT2D eigenvalue weighted by atomic mass is 9.85. The summed E-state index contributed by atoms with van der Waals surface area (Å²) in [6, 6.07) is 0.284. The minimum atomic E-state index is 0.284. The Morgan fingerprint density at radius 3 is 2.62 bits per heavy atom. The van der Waals surface area contributed by atoms with Crippen LogP contribution in [0.3, 0.4) is 0 Å². The second-order valence-electron chi connectivity index (χ2n) is 5.41. The zero-order valence-corrected chi connectivity index (χ0v) is 11.1. The molecule has 1 aliphatic rings. The monoisotopic (exact) mass is 227 g/mol. The van der Waals surface area contributed by atoms with Gasteiger partial charge in [-0.3, -0.25) is 0 Å². The van der Waals surface area contributed by atoms with E-state index in [1.807, 2.05) is 0 Å². The summed E-state index contributed by atoms with van der Waals surface area (Å²) in [5.41, 5.74) is 6.08. The van der Waals surface area contributed by atoms with Crippen LogP contribution in [0.4, 0.5) is 0 Å². The molecule has 3 unspecified atom stereocenters. The van der Waals surface area contributed by atoms with Crippen LogP contribution in [0.2, 0.25) is 0 Å². The van der Waals surface area contributed by atoms with Crippen molar-refractivity contribution in [1.29, 1.82) is 0 Å². The molecular formula is C14H29NO. The van der Waals surface area contributed by atoms with Crippen molar-refractivity contribution < 1.29 is 4.74 Å². The molecule has 1 rings (SSSR count). The van der Waals surface area contributed by atoms with E-state index in [1.165, 1.54) is 38.5 Å². The topological polar surface area (TPSA) is 35.2 Å². The summed E-state index contributed by atoms with van der Waals surface area (Å²) in [6.45, 7) is 5.47. The summed E-state index contributed by atoms with van der Waals surface area (Å²) in [4.78, 5) is 0. The highest BCUT2D eigenvalue weighted by atomic mass is 16.5. The first-order valence-electron chi connectivity index (χ1n) is 7.11. The maximum Gasteiger partial charge on any atom is 0.0728 e. The number of hydrogen-bond acceptors (Lipinski definition) is 2. The van der Waals surface area contributed by atoms with Gasteiger partial charge in [0.25, 0.3) is 0 Å². The van der Waals surface area contributed by atoms with Crippen LogP contribution in [0.1, 0.15) is 65.2 Å². The molecule has 0 radical (unpaired) electrons. The zero-order valence-electron chi connectivity index (χ0n) is 11.1. The summed E-state index contributed by atoms with van der Waals surface area (Å²) in [7, 11) is 0. The maximum absolute atomic E-state index is 6.08. The number of nitrogens with two attached hydrogens (primary N) is 1. The first-order valence-corrected chi connectivity index (χ1v) is 7.11. The Kier molecular flexibility index (Phi) is 7.06. The van der Waals surface area contributed by atoms with Gasteiger partial charge in [0.05, 0.1) is 6.10 Å². The minimum absolute atomic E-state index is 0.284. The number of rotatable bonds is 7. The fourth-order valence-electron chi connectivity index (χ4n) is 2.48. The van der Waals surface area contributed by atoms with Crippen molar-refractivity contribution in [3.63, 3.8) is 0 Å². The second-order valence-corrected chi connectivity index (χ2v) is 5.41. The van der Waals surface area contributed by atoms with E-state index in [4.69, 9.17) is 10.5 Å². The summed E-state index contributed by atoms with van der Waals surface area (Å²) in [6.07, 6.45) is 10.5. The third kappa shape index (κ3) is 5.31. The Hall–Kier alpha value is -0.0800. The van der Waals surface area contributed by atoms with Crippen molar-refractivity contribution in [2.45, 2.75) is 77.4 Å². The average molecular weight is 227 g/mol. The lowest BCUT2D eigenvalue weighted by Gasteiger charge is -2.32.